The number of halogens is 1. The molecule has 1 amide bonds. The van der Waals surface area contributed by atoms with E-state index in [2.05, 4.69) is 11.9 Å². The van der Waals surface area contributed by atoms with Gasteiger partial charge < -0.3 is 9.64 Å². The number of amides is 1. The Labute approximate surface area is 152 Å². The van der Waals surface area contributed by atoms with E-state index in [1.165, 1.54) is 17.4 Å². The number of piperidine rings is 1. The van der Waals surface area contributed by atoms with Crippen LogP contribution in [0.5, 0.6) is 0 Å². The van der Waals surface area contributed by atoms with Crippen molar-refractivity contribution in [2.75, 3.05) is 13.1 Å². The Balaban J connectivity index is 1.76. The van der Waals surface area contributed by atoms with Gasteiger partial charge in [0, 0.05) is 18.5 Å². The van der Waals surface area contributed by atoms with E-state index < -0.39 is 5.60 Å². The van der Waals surface area contributed by atoms with Crippen molar-refractivity contribution in [3.63, 3.8) is 0 Å². The zero-order valence-electron chi connectivity index (χ0n) is 15.1. The smallest absolute Gasteiger partial charge is 0.410 e. The van der Waals surface area contributed by atoms with Gasteiger partial charge in [0.25, 0.3) is 0 Å². The van der Waals surface area contributed by atoms with E-state index in [0.29, 0.717) is 24.1 Å². The Morgan fingerprint density at radius 1 is 1.36 bits per heavy atom. The number of nitrogens with zero attached hydrogens (tertiary/aromatic N) is 2. The Hall–Kier alpha value is -1.63. The first-order chi connectivity index (χ1) is 11.6. The van der Waals surface area contributed by atoms with Crippen molar-refractivity contribution in [1.29, 1.82) is 0 Å². The first-order valence-electron chi connectivity index (χ1n) is 8.41. The van der Waals surface area contributed by atoms with Gasteiger partial charge in [-0.25, -0.2) is 14.2 Å². The highest BCUT2D eigenvalue weighted by Gasteiger charge is 2.37. The average molecular weight is 360 g/mol. The lowest BCUT2D eigenvalue weighted by molar-refractivity contribution is 0.0172. The highest BCUT2D eigenvalue weighted by atomic mass is 32.1. The standard InChI is InChI=1S/C18H22BFN2O2S/c1-17(2,3)24-16(23)22-7-5-18(4,6-8-22)15-21-14-12(20)9-11(19)10-13(14)25-15/h9-10H,5-8H2,1-4H3. The molecule has 25 heavy (non-hydrogen) atoms. The van der Waals surface area contributed by atoms with Crippen LogP contribution in [0, 0.1) is 5.82 Å². The van der Waals surface area contributed by atoms with Gasteiger partial charge in [-0.2, -0.15) is 0 Å². The predicted octanol–water partition coefficient (Wildman–Crippen LogP) is 3.52. The van der Waals surface area contributed by atoms with Crippen molar-refractivity contribution in [2.24, 2.45) is 0 Å². The van der Waals surface area contributed by atoms with Gasteiger partial charge in [0.15, 0.2) is 0 Å². The number of aromatic nitrogens is 1. The van der Waals surface area contributed by atoms with Gasteiger partial charge in [0.2, 0.25) is 0 Å². The number of hydrogen-bond acceptors (Lipinski definition) is 4. The van der Waals surface area contributed by atoms with Gasteiger partial charge >= 0.3 is 6.09 Å². The minimum atomic E-state index is -0.498. The maximum Gasteiger partial charge on any atom is 0.410 e. The first-order valence-corrected chi connectivity index (χ1v) is 9.23. The van der Waals surface area contributed by atoms with Gasteiger partial charge in [-0.05, 0) is 45.7 Å². The molecule has 132 valence electrons. The largest absolute Gasteiger partial charge is 0.444 e. The van der Waals surface area contributed by atoms with Crippen LogP contribution in [0.25, 0.3) is 10.2 Å². The Morgan fingerprint density at radius 2 is 2.00 bits per heavy atom. The summed E-state index contributed by atoms with van der Waals surface area (Å²) in [6, 6.07) is 3.07. The molecule has 0 N–H and O–H groups in total. The number of carbonyl (C=O) groups excluding carboxylic acids is 1. The highest BCUT2D eigenvalue weighted by Crippen LogP contribution is 2.39. The molecule has 2 radical (unpaired) electrons. The molecular formula is C18H22BFN2O2S. The summed E-state index contributed by atoms with van der Waals surface area (Å²) in [7, 11) is 5.73. The first kappa shape index (κ1) is 18.2. The van der Waals surface area contributed by atoms with E-state index in [9.17, 15) is 9.18 Å². The van der Waals surface area contributed by atoms with Crippen LogP contribution in [0.1, 0.15) is 45.5 Å². The Bertz CT molecular complexity index is 807. The average Bonchev–Trinajstić information content (AvgIpc) is 2.91. The number of thiazole rings is 1. The summed E-state index contributed by atoms with van der Waals surface area (Å²) in [6.45, 7) is 8.91. The van der Waals surface area contributed by atoms with E-state index >= 15 is 0 Å². The van der Waals surface area contributed by atoms with Crippen molar-refractivity contribution < 1.29 is 13.9 Å². The van der Waals surface area contributed by atoms with Gasteiger partial charge in [0.1, 0.15) is 24.8 Å². The molecule has 0 unspecified atom stereocenters. The van der Waals surface area contributed by atoms with Crippen LogP contribution in [0.15, 0.2) is 12.1 Å². The fraction of sp³-hybridized carbons (Fsp3) is 0.556. The zero-order valence-corrected chi connectivity index (χ0v) is 15.9. The molecule has 1 aromatic carbocycles. The third kappa shape index (κ3) is 3.81. The molecule has 2 aromatic rings. The molecule has 4 nitrogen and oxygen atoms in total. The van der Waals surface area contributed by atoms with Crippen molar-refractivity contribution >= 4 is 41.0 Å². The second-order valence-electron chi connectivity index (χ2n) is 7.90. The third-order valence-corrected chi connectivity index (χ3v) is 5.81. The molecule has 2 heterocycles. The summed E-state index contributed by atoms with van der Waals surface area (Å²) in [5.41, 5.74) is 0.112. The lowest BCUT2D eigenvalue weighted by atomic mass is 9.81. The number of fused-ring (bicyclic) bond motifs is 1. The predicted molar refractivity (Wildman–Crippen MR) is 99.4 cm³/mol. The van der Waals surface area contributed by atoms with Crippen molar-refractivity contribution in [1.82, 2.24) is 9.88 Å². The molecule has 0 atom stereocenters. The molecule has 1 aromatic heterocycles. The van der Waals surface area contributed by atoms with Crippen LogP contribution >= 0.6 is 11.3 Å². The lowest BCUT2D eigenvalue weighted by Crippen LogP contribution is -2.45. The summed E-state index contributed by atoms with van der Waals surface area (Å²) in [5.74, 6) is -0.382. The van der Waals surface area contributed by atoms with E-state index in [0.717, 1.165) is 22.5 Å². The molecule has 1 aliphatic heterocycles. The summed E-state index contributed by atoms with van der Waals surface area (Å²) in [4.78, 5) is 18.5. The number of carbonyl (C=O) groups is 1. The number of ether oxygens (including phenoxy) is 1. The molecule has 0 saturated carbocycles. The van der Waals surface area contributed by atoms with Crippen LogP contribution in [0.2, 0.25) is 0 Å². The van der Waals surface area contributed by atoms with Crippen LogP contribution < -0.4 is 5.46 Å². The monoisotopic (exact) mass is 360 g/mol. The fourth-order valence-electron chi connectivity index (χ4n) is 2.99. The highest BCUT2D eigenvalue weighted by molar-refractivity contribution is 7.18. The Morgan fingerprint density at radius 3 is 2.60 bits per heavy atom. The summed E-state index contributed by atoms with van der Waals surface area (Å²) < 4.78 is 20.3. The summed E-state index contributed by atoms with van der Waals surface area (Å²) in [5, 5.41) is 0.899. The van der Waals surface area contributed by atoms with Gasteiger partial charge in [-0.1, -0.05) is 12.4 Å². The van der Waals surface area contributed by atoms with E-state index in [1.54, 1.807) is 11.0 Å². The second-order valence-corrected chi connectivity index (χ2v) is 8.93. The number of hydrogen-bond donors (Lipinski definition) is 0. The van der Waals surface area contributed by atoms with Crippen molar-refractivity contribution in [3.05, 3.63) is 23.0 Å². The maximum atomic E-state index is 14.1. The minimum Gasteiger partial charge on any atom is -0.444 e. The van der Waals surface area contributed by atoms with Gasteiger partial charge in [-0.15, -0.1) is 11.3 Å². The quantitative estimate of drug-likeness (QED) is 0.731. The number of benzene rings is 1. The minimum absolute atomic E-state index is 0.177. The molecule has 1 fully saturated rings. The summed E-state index contributed by atoms with van der Waals surface area (Å²) in [6.07, 6.45) is 1.25. The topological polar surface area (TPSA) is 42.4 Å². The molecule has 1 saturated heterocycles. The number of rotatable bonds is 1. The Kier molecular flexibility index (Phi) is 4.56. The zero-order chi connectivity index (χ0) is 18.4. The van der Waals surface area contributed by atoms with Crippen LogP contribution in [0.4, 0.5) is 9.18 Å². The molecule has 7 heteroatoms. The van der Waals surface area contributed by atoms with Crippen LogP contribution in [0.3, 0.4) is 0 Å². The second kappa shape index (κ2) is 6.27. The summed E-state index contributed by atoms with van der Waals surface area (Å²) >= 11 is 1.48. The normalized spacial score (nSPS) is 17.7. The van der Waals surface area contributed by atoms with Gasteiger partial charge in [0.05, 0.1) is 9.71 Å². The van der Waals surface area contributed by atoms with Gasteiger partial charge in [-0.3, -0.25) is 0 Å². The fourth-order valence-corrected chi connectivity index (χ4v) is 4.22. The van der Waals surface area contributed by atoms with Crippen LogP contribution in [-0.4, -0.2) is 42.5 Å². The molecule has 1 aliphatic rings. The molecule has 0 spiro atoms. The lowest BCUT2D eigenvalue weighted by Gasteiger charge is -2.38. The van der Waals surface area contributed by atoms with E-state index in [-0.39, 0.29) is 17.3 Å². The van der Waals surface area contributed by atoms with Crippen molar-refractivity contribution in [2.45, 2.75) is 51.6 Å². The van der Waals surface area contributed by atoms with Crippen LogP contribution in [-0.2, 0) is 10.2 Å². The molecule has 0 bridgehead atoms. The SMILES string of the molecule is [B]c1cc(F)c2nc(C3(C)CCN(C(=O)OC(C)(C)C)CC3)sc2c1. The molecule has 3 rings (SSSR count). The molecule has 0 aliphatic carbocycles. The number of likely N-dealkylation sites (tertiary alicyclic amines) is 1. The molecular weight excluding hydrogens is 338 g/mol. The maximum absolute atomic E-state index is 14.1. The van der Waals surface area contributed by atoms with Crippen molar-refractivity contribution in [3.8, 4) is 0 Å². The van der Waals surface area contributed by atoms with E-state index in [1.807, 2.05) is 20.8 Å². The third-order valence-electron chi connectivity index (χ3n) is 4.51. The van der Waals surface area contributed by atoms with E-state index in [4.69, 9.17) is 12.6 Å².